The number of aromatic nitrogens is 2. The number of hydrogen-bond acceptors (Lipinski definition) is 8. The van der Waals surface area contributed by atoms with E-state index >= 15 is 0 Å². The van der Waals surface area contributed by atoms with E-state index in [1.807, 2.05) is 0 Å². The van der Waals surface area contributed by atoms with Gasteiger partial charge in [-0.15, -0.1) is 0 Å². The van der Waals surface area contributed by atoms with Gasteiger partial charge in [0, 0.05) is 12.1 Å². The molecule has 0 aliphatic carbocycles. The van der Waals surface area contributed by atoms with E-state index in [2.05, 4.69) is 9.71 Å². The Bertz CT molecular complexity index is 1580. The van der Waals surface area contributed by atoms with Crippen molar-refractivity contribution in [3.63, 3.8) is 0 Å². The standard InChI is InChI=1S/C22H18N4O6S2/c1-23-34(30,31)16-10-11-20(19(13-16)26(28)29)33-22-24-18-9-4-3-8-17(18)21(27)25(22)14-6-5-7-15(12-14)32-2/h3-13,23H,1-2H3. The molecule has 34 heavy (non-hydrogen) atoms. The molecule has 4 rings (SSSR count). The molecule has 3 aromatic carbocycles. The Morgan fingerprint density at radius 1 is 1.09 bits per heavy atom. The molecular weight excluding hydrogens is 480 g/mol. The number of benzene rings is 3. The highest BCUT2D eigenvalue weighted by molar-refractivity contribution is 7.99. The van der Waals surface area contributed by atoms with Crippen molar-refractivity contribution in [2.45, 2.75) is 14.9 Å². The van der Waals surface area contributed by atoms with Gasteiger partial charge < -0.3 is 4.74 Å². The summed E-state index contributed by atoms with van der Waals surface area (Å²) in [6.45, 7) is 0. The Labute approximate surface area is 198 Å². The van der Waals surface area contributed by atoms with Gasteiger partial charge in [0.2, 0.25) is 10.0 Å². The minimum absolute atomic E-state index is 0.124. The predicted octanol–water partition coefficient (Wildman–Crippen LogP) is 3.36. The first-order valence-corrected chi connectivity index (χ1v) is 12.1. The van der Waals surface area contributed by atoms with E-state index in [0.29, 0.717) is 22.3 Å². The van der Waals surface area contributed by atoms with Crippen molar-refractivity contribution in [3.8, 4) is 11.4 Å². The molecule has 1 N–H and O–H groups in total. The number of fused-ring (bicyclic) bond motifs is 1. The summed E-state index contributed by atoms with van der Waals surface area (Å²) in [5.41, 5.74) is 0.0904. The maximum atomic E-state index is 13.4. The van der Waals surface area contributed by atoms with E-state index < -0.39 is 20.6 Å². The molecule has 0 fully saturated rings. The van der Waals surface area contributed by atoms with E-state index in [9.17, 15) is 23.3 Å². The van der Waals surface area contributed by atoms with E-state index in [-0.39, 0.29) is 20.5 Å². The van der Waals surface area contributed by atoms with Gasteiger partial charge in [-0.3, -0.25) is 19.5 Å². The molecule has 0 spiro atoms. The number of sulfonamides is 1. The lowest BCUT2D eigenvalue weighted by molar-refractivity contribution is -0.388. The van der Waals surface area contributed by atoms with Crippen LogP contribution in [0.3, 0.4) is 0 Å². The summed E-state index contributed by atoms with van der Waals surface area (Å²) in [6.07, 6.45) is 0. The van der Waals surface area contributed by atoms with E-state index in [1.54, 1.807) is 48.5 Å². The second kappa shape index (κ2) is 9.25. The van der Waals surface area contributed by atoms with Gasteiger partial charge in [0.25, 0.3) is 11.2 Å². The molecule has 4 aromatic rings. The summed E-state index contributed by atoms with van der Waals surface area (Å²) in [5.74, 6) is 0.515. The summed E-state index contributed by atoms with van der Waals surface area (Å²) < 4.78 is 33.0. The zero-order valence-electron chi connectivity index (χ0n) is 18.0. The summed E-state index contributed by atoms with van der Waals surface area (Å²) >= 11 is 0.888. The molecule has 1 aromatic heterocycles. The largest absolute Gasteiger partial charge is 0.497 e. The fourth-order valence-corrected chi connectivity index (χ4v) is 5.01. The number of hydrogen-bond donors (Lipinski definition) is 1. The quantitative estimate of drug-likeness (QED) is 0.233. The average Bonchev–Trinajstić information content (AvgIpc) is 2.84. The van der Waals surface area contributed by atoms with Crippen LogP contribution in [0.2, 0.25) is 0 Å². The van der Waals surface area contributed by atoms with Crippen LogP contribution in [0.5, 0.6) is 5.75 Å². The first-order chi connectivity index (χ1) is 16.2. The molecule has 12 heteroatoms. The van der Waals surface area contributed by atoms with Crippen molar-refractivity contribution >= 4 is 38.4 Å². The van der Waals surface area contributed by atoms with Crippen LogP contribution in [0.15, 0.2) is 86.5 Å². The van der Waals surface area contributed by atoms with Gasteiger partial charge in [-0.25, -0.2) is 18.1 Å². The number of nitro benzene ring substituents is 1. The molecule has 0 aliphatic rings. The van der Waals surface area contributed by atoms with Crippen LogP contribution in [0.1, 0.15) is 0 Å². The third-order valence-corrected chi connectivity index (χ3v) is 7.40. The Hall–Kier alpha value is -3.74. The number of nitrogens with one attached hydrogen (secondary N) is 1. The van der Waals surface area contributed by atoms with Gasteiger partial charge in [0.15, 0.2) is 5.16 Å². The van der Waals surface area contributed by atoms with Crippen LogP contribution in [0.25, 0.3) is 16.6 Å². The lowest BCUT2D eigenvalue weighted by Crippen LogP contribution is -2.21. The second-order valence-corrected chi connectivity index (χ2v) is 9.85. The fraction of sp³-hybridized carbons (Fsp3) is 0.0909. The fourth-order valence-electron chi connectivity index (χ4n) is 3.27. The number of rotatable bonds is 7. The van der Waals surface area contributed by atoms with Crippen molar-refractivity contribution in [2.24, 2.45) is 0 Å². The highest BCUT2D eigenvalue weighted by atomic mass is 32.2. The maximum absolute atomic E-state index is 13.4. The summed E-state index contributed by atoms with van der Waals surface area (Å²) in [7, 11) is -1.17. The Balaban J connectivity index is 1.95. The molecule has 0 bridgehead atoms. The van der Waals surface area contributed by atoms with Gasteiger partial charge in [-0.1, -0.05) is 18.2 Å². The minimum atomic E-state index is -3.89. The molecule has 0 amide bonds. The molecule has 0 atom stereocenters. The van der Waals surface area contributed by atoms with Gasteiger partial charge in [0.1, 0.15) is 5.75 Å². The van der Waals surface area contributed by atoms with E-state index in [0.717, 1.165) is 17.8 Å². The number of nitrogens with zero attached hydrogens (tertiary/aromatic N) is 3. The second-order valence-electron chi connectivity index (χ2n) is 6.95. The molecule has 10 nitrogen and oxygen atoms in total. The highest BCUT2D eigenvalue weighted by Gasteiger charge is 2.23. The first kappa shape index (κ1) is 23.4. The van der Waals surface area contributed by atoms with Crippen LogP contribution in [0.4, 0.5) is 5.69 Å². The van der Waals surface area contributed by atoms with Crippen LogP contribution in [0, 0.1) is 10.1 Å². The molecule has 0 radical (unpaired) electrons. The van der Waals surface area contributed by atoms with Crippen molar-refractivity contribution in [3.05, 3.63) is 87.2 Å². The monoisotopic (exact) mass is 498 g/mol. The topological polar surface area (TPSA) is 133 Å². The summed E-state index contributed by atoms with van der Waals surface area (Å²) in [4.78, 5) is 29.0. The molecule has 0 unspecified atom stereocenters. The van der Waals surface area contributed by atoms with Gasteiger partial charge >= 0.3 is 0 Å². The van der Waals surface area contributed by atoms with Crippen LogP contribution < -0.4 is 15.0 Å². The normalized spacial score (nSPS) is 11.5. The van der Waals surface area contributed by atoms with Crippen molar-refractivity contribution in [2.75, 3.05) is 14.2 Å². The minimum Gasteiger partial charge on any atom is -0.497 e. The summed E-state index contributed by atoms with van der Waals surface area (Å²) in [5, 5.41) is 12.3. The van der Waals surface area contributed by atoms with E-state index in [4.69, 9.17) is 4.74 Å². The Morgan fingerprint density at radius 2 is 1.85 bits per heavy atom. The molecule has 0 saturated carbocycles. The smallest absolute Gasteiger partial charge is 0.284 e. The van der Waals surface area contributed by atoms with Crippen LogP contribution in [-0.2, 0) is 10.0 Å². The maximum Gasteiger partial charge on any atom is 0.284 e. The lowest BCUT2D eigenvalue weighted by Gasteiger charge is -2.14. The van der Waals surface area contributed by atoms with Gasteiger partial charge in [-0.2, -0.15) is 0 Å². The number of para-hydroxylation sites is 1. The molecule has 1 heterocycles. The van der Waals surface area contributed by atoms with E-state index in [1.165, 1.54) is 30.9 Å². The Morgan fingerprint density at radius 3 is 2.56 bits per heavy atom. The van der Waals surface area contributed by atoms with Crippen molar-refractivity contribution < 1.29 is 18.1 Å². The lowest BCUT2D eigenvalue weighted by atomic mass is 10.2. The zero-order chi connectivity index (χ0) is 24.5. The first-order valence-electron chi connectivity index (χ1n) is 9.81. The van der Waals surface area contributed by atoms with Gasteiger partial charge in [0.05, 0.1) is 38.4 Å². The number of nitro groups is 1. The average molecular weight is 499 g/mol. The van der Waals surface area contributed by atoms with Crippen LogP contribution >= 0.6 is 11.8 Å². The zero-order valence-corrected chi connectivity index (χ0v) is 19.6. The van der Waals surface area contributed by atoms with Crippen LogP contribution in [-0.4, -0.2) is 37.0 Å². The molecule has 174 valence electrons. The third kappa shape index (κ3) is 4.38. The summed E-state index contributed by atoms with van der Waals surface area (Å²) in [6, 6.07) is 17.1. The predicted molar refractivity (Wildman–Crippen MR) is 127 cm³/mol. The highest BCUT2D eigenvalue weighted by Crippen LogP contribution is 2.36. The Kier molecular flexibility index (Phi) is 6.37. The van der Waals surface area contributed by atoms with Crippen molar-refractivity contribution in [1.82, 2.24) is 14.3 Å². The third-order valence-electron chi connectivity index (χ3n) is 4.96. The SMILES string of the molecule is CNS(=O)(=O)c1ccc(Sc2nc3ccccc3c(=O)n2-c2cccc(OC)c2)c([N+](=O)[O-])c1. The van der Waals surface area contributed by atoms with Crippen molar-refractivity contribution in [1.29, 1.82) is 0 Å². The number of ether oxygens (including phenoxy) is 1. The van der Waals surface area contributed by atoms with Gasteiger partial charge in [-0.05, 0) is 55.2 Å². The number of methoxy groups -OCH3 is 1. The molecule has 0 aliphatic heterocycles. The molecule has 0 saturated heterocycles. The molecular formula is C22H18N4O6S2.